The molecule has 0 bridgehead atoms. The summed E-state index contributed by atoms with van der Waals surface area (Å²) < 4.78 is 86.0. The van der Waals surface area contributed by atoms with E-state index in [1.54, 1.807) is 0 Å². The van der Waals surface area contributed by atoms with Gasteiger partial charge in [0.2, 0.25) is 10.0 Å². The normalized spacial score (nSPS) is 12.8. The first kappa shape index (κ1) is 19.2. The lowest BCUT2D eigenvalue weighted by Gasteiger charge is -2.10. The van der Waals surface area contributed by atoms with Gasteiger partial charge in [0.15, 0.2) is 0 Å². The molecular weight excluding hydrogens is 381 g/mol. The zero-order valence-electron chi connectivity index (χ0n) is 12.5. The van der Waals surface area contributed by atoms with Gasteiger partial charge in [0.1, 0.15) is 0 Å². The van der Waals surface area contributed by atoms with Crippen LogP contribution >= 0.6 is 0 Å². The van der Waals surface area contributed by atoms with Gasteiger partial charge >= 0.3 is 6.18 Å². The highest BCUT2D eigenvalue weighted by Crippen LogP contribution is 2.30. The molecule has 25 heavy (non-hydrogen) atoms. The largest absolute Gasteiger partial charge is 0.416 e. The lowest BCUT2D eigenvalue weighted by molar-refractivity contribution is -0.137. The molecule has 6 nitrogen and oxygen atoms in total. The van der Waals surface area contributed by atoms with Crippen LogP contribution in [0.15, 0.2) is 53.4 Å². The lowest BCUT2D eigenvalue weighted by Crippen LogP contribution is -2.15. The second kappa shape index (κ2) is 6.65. The second-order valence-electron chi connectivity index (χ2n) is 5.13. The summed E-state index contributed by atoms with van der Waals surface area (Å²) in [7, 11) is -7.80. The summed E-state index contributed by atoms with van der Waals surface area (Å²) in [6, 6.07) is 8.42. The van der Waals surface area contributed by atoms with Crippen LogP contribution in [-0.4, -0.2) is 16.8 Å². The summed E-state index contributed by atoms with van der Waals surface area (Å²) in [6.07, 6.45) is -4.56. The van der Waals surface area contributed by atoms with Gasteiger partial charge in [0.05, 0.1) is 16.2 Å². The minimum absolute atomic E-state index is 0.123. The summed E-state index contributed by atoms with van der Waals surface area (Å²) in [5.74, 6) is -0.404. The van der Waals surface area contributed by atoms with E-state index in [0.717, 1.165) is 12.1 Å². The Bertz CT molecular complexity index is 953. The Morgan fingerprint density at radius 3 is 1.84 bits per heavy atom. The third kappa shape index (κ3) is 5.44. The Morgan fingerprint density at radius 2 is 1.40 bits per heavy atom. The number of nitrogens with one attached hydrogen (secondary N) is 1. The lowest BCUT2D eigenvalue weighted by atomic mass is 10.2. The van der Waals surface area contributed by atoms with Gasteiger partial charge in [-0.1, -0.05) is 12.1 Å². The van der Waals surface area contributed by atoms with Crippen LogP contribution in [0.3, 0.4) is 0 Å². The molecule has 0 radical (unpaired) electrons. The molecule has 3 N–H and O–H groups in total. The number of rotatable bonds is 5. The first-order valence-electron chi connectivity index (χ1n) is 6.66. The molecule has 0 amide bonds. The highest BCUT2D eigenvalue weighted by Gasteiger charge is 2.30. The molecular formula is C14H13F3N2O4S2. The molecule has 0 saturated carbocycles. The molecule has 0 fully saturated rings. The molecule has 2 aromatic carbocycles. The third-order valence-electron chi connectivity index (χ3n) is 3.07. The van der Waals surface area contributed by atoms with E-state index in [1.165, 1.54) is 24.3 Å². The summed E-state index contributed by atoms with van der Waals surface area (Å²) in [4.78, 5) is -0.339. The molecule has 0 atom stereocenters. The average Bonchev–Trinajstić information content (AvgIpc) is 2.47. The van der Waals surface area contributed by atoms with E-state index < -0.39 is 37.5 Å². The van der Waals surface area contributed by atoms with Crippen molar-refractivity contribution < 1.29 is 30.0 Å². The van der Waals surface area contributed by atoms with Crippen molar-refractivity contribution in [3.8, 4) is 0 Å². The number of nitrogens with two attached hydrogens (primary N) is 1. The highest BCUT2D eigenvalue weighted by atomic mass is 32.2. The second-order valence-corrected chi connectivity index (χ2v) is 8.43. The Kier molecular flexibility index (Phi) is 5.11. The Labute approximate surface area is 142 Å². The molecule has 136 valence electrons. The smallest absolute Gasteiger partial charge is 0.280 e. The van der Waals surface area contributed by atoms with E-state index in [9.17, 15) is 30.0 Å². The molecule has 0 aliphatic rings. The zero-order chi connectivity index (χ0) is 18.9. The number of hydrogen-bond acceptors (Lipinski definition) is 4. The van der Waals surface area contributed by atoms with E-state index in [1.807, 2.05) is 0 Å². The van der Waals surface area contributed by atoms with E-state index in [4.69, 9.17) is 5.14 Å². The van der Waals surface area contributed by atoms with Crippen LogP contribution in [0.1, 0.15) is 11.1 Å². The number of alkyl halides is 3. The number of primary sulfonamides is 1. The van der Waals surface area contributed by atoms with E-state index >= 15 is 0 Å². The predicted molar refractivity (Wildman–Crippen MR) is 85.5 cm³/mol. The van der Waals surface area contributed by atoms with Gasteiger partial charge in [0.25, 0.3) is 10.0 Å². The van der Waals surface area contributed by atoms with Crippen LogP contribution in [0.25, 0.3) is 0 Å². The Hall–Kier alpha value is -2.11. The Balaban J connectivity index is 2.18. The number of anilines is 1. The van der Waals surface area contributed by atoms with Crippen LogP contribution in [0.2, 0.25) is 0 Å². The fourth-order valence-corrected chi connectivity index (χ4v) is 3.65. The van der Waals surface area contributed by atoms with E-state index in [2.05, 4.69) is 4.72 Å². The maximum Gasteiger partial charge on any atom is 0.416 e. The van der Waals surface area contributed by atoms with Crippen molar-refractivity contribution in [2.24, 2.45) is 5.14 Å². The summed E-state index contributed by atoms with van der Waals surface area (Å²) in [5, 5.41) is 4.91. The van der Waals surface area contributed by atoms with Gasteiger partial charge in [0, 0.05) is 5.69 Å². The first-order valence-corrected chi connectivity index (χ1v) is 9.86. The number of benzene rings is 2. The van der Waals surface area contributed by atoms with Gasteiger partial charge in [-0.2, -0.15) is 13.2 Å². The third-order valence-corrected chi connectivity index (χ3v) is 5.20. The van der Waals surface area contributed by atoms with Crippen LogP contribution in [-0.2, 0) is 32.0 Å². The predicted octanol–water partition coefficient (Wildman–Crippen LogP) is 2.29. The fraction of sp³-hybridized carbons (Fsp3) is 0.143. The van der Waals surface area contributed by atoms with Crippen molar-refractivity contribution in [1.29, 1.82) is 0 Å². The zero-order valence-corrected chi connectivity index (χ0v) is 14.1. The maximum absolute atomic E-state index is 12.5. The molecule has 11 heteroatoms. The monoisotopic (exact) mass is 394 g/mol. The minimum atomic E-state index is -4.56. The van der Waals surface area contributed by atoms with Crippen LogP contribution in [0.5, 0.6) is 0 Å². The van der Waals surface area contributed by atoms with Crippen molar-refractivity contribution in [2.75, 3.05) is 4.72 Å². The molecule has 2 aromatic rings. The van der Waals surface area contributed by atoms with Gasteiger partial charge in [-0.05, 0) is 42.0 Å². The molecule has 0 saturated heterocycles. The summed E-state index contributed by atoms with van der Waals surface area (Å²) >= 11 is 0. The van der Waals surface area contributed by atoms with E-state index in [-0.39, 0.29) is 10.6 Å². The molecule has 0 aliphatic carbocycles. The van der Waals surface area contributed by atoms with Crippen LogP contribution in [0.4, 0.5) is 18.9 Å². The van der Waals surface area contributed by atoms with Gasteiger partial charge in [-0.15, -0.1) is 0 Å². The summed E-state index contributed by atoms with van der Waals surface area (Å²) in [6.45, 7) is 0. The number of halogens is 3. The molecule has 0 aliphatic heterocycles. The summed E-state index contributed by atoms with van der Waals surface area (Å²) in [5.41, 5.74) is -0.475. The van der Waals surface area contributed by atoms with Gasteiger partial charge < -0.3 is 0 Å². The SMILES string of the molecule is NS(=O)(=O)Cc1ccc(NS(=O)(=O)c2ccc(C(F)(F)F)cc2)cc1. The maximum atomic E-state index is 12.5. The molecule has 0 aromatic heterocycles. The molecule has 2 rings (SSSR count). The average molecular weight is 394 g/mol. The minimum Gasteiger partial charge on any atom is -0.280 e. The quantitative estimate of drug-likeness (QED) is 0.811. The van der Waals surface area contributed by atoms with Crippen molar-refractivity contribution in [2.45, 2.75) is 16.8 Å². The van der Waals surface area contributed by atoms with Crippen molar-refractivity contribution >= 4 is 25.7 Å². The highest BCUT2D eigenvalue weighted by molar-refractivity contribution is 7.92. The number of hydrogen-bond donors (Lipinski definition) is 2. The van der Waals surface area contributed by atoms with Crippen LogP contribution in [0, 0.1) is 0 Å². The van der Waals surface area contributed by atoms with Gasteiger partial charge in [-0.3, -0.25) is 4.72 Å². The van der Waals surface area contributed by atoms with Crippen molar-refractivity contribution in [3.63, 3.8) is 0 Å². The van der Waals surface area contributed by atoms with Crippen molar-refractivity contribution in [1.82, 2.24) is 0 Å². The Morgan fingerprint density at radius 1 is 0.880 bits per heavy atom. The number of sulfonamides is 2. The van der Waals surface area contributed by atoms with Crippen LogP contribution < -0.4 is 9.86 Å². The van der Waals surface area contributed by atoms with E-state index in [0.29, 0.717) is 17.7 Å². The molecule has 0 unspecified atom stereocenters. The molecule has 0 spiro atoms. The fourth-order valence-electron chi connectivity index (χ4n) is 1.94. The first-order chi connectivity index (χ1) is 11.4. The standard InChI is InChI=1S/C14H13F3N2O4S2/c15-14(16,17)11-3-7-13(8-4-11)25(22,23)19-12-5-1-10(2-6-12)9-24(18,20)21/h1-8,19H,9H2,(H2,18,20,21). The van der Waals surface area contributed by atoms with Gasteiger partial charge in [-0.25, -0.2) is 22.0 Å². The molecule has 0 heterocycles. The van der Waals surface area contributed by atoms with Crippen molar-refractivity contribution in [3.05, 3.63) is 59.7 Å². The topological polar surface area (TPSA) is 106 Å².